The van der Waals surface area contributed by atoms with Crippen LogP contribution < -0.4 is 5.32 Å². The normalized spacial score (nSPS) is 20.3. The van der Waals surface area contributed by atoms with E-state index < -0.39 is 10.0 Å². The van der Waals surface area contributed by atoms with Crippen LogP contribution in [-0.2, 0) is 10.0 Å². The van der Waals surface area contributed by atoms with E-state index in [2.05, 4.69) is 24.1 Å². The Labute approximate surface area is 150 Å². The van der Waals surface area contributed by atoms with Crippen molar-refractivity contribution in [1.29, 1.82) is 0 Å². The van der Waals surface area contributed by atoms with Crippen LogP contribution in [-0.4, -0.2) is 37.3 Å². The molecule has 0 saturated carbocycles. The molecule has 0 amide bonds. The van der Waals surface area contributed by atoms with Crippen molar-refractivity contribution in [3.8, 4) is 0 Å². The summed E-state index contributed by atoms with van der Waals surface area (Å²) in [5.41, 5.74) is 2.08. The minimum absolute atomic E-state index is 0.235. The van der Waals surface area contributed by atoms with Crippen molar-refractivity contribution < 1.29 is 8.42 Å². The number of aromatic nitrogens is 1. The van der Waals surface area contributed by atoms with Gasteiger partial charge < -0.3 is 5.32 Å². The summed E-state index contributed by atoms with van der Waals surface area (Å²) in [5.74, 6) is 0.430. The predicted molar refractivity (Wildman–Crippen MR) is 98.9 cm³/mol. The molecule has 0 bridgehead atoms. The number of rotatable bonds is 5. The van der Waals surface area contributed by atoms with Crippen LogP contribution in [0.3, 0.4) is 0 Å². The quantitative estimate of drug-likeness (QED) is 0.892. The maximum atomic E-state index is 13.2. The zero-order valence-electron chi connectivity index (χ0n) is 14.7. The minimum atomic E-state index is -3.54. The summed E-state index contributed by atoms with van der Waals surface area (Å²) in [6, 6.07) is 10.9. The molecule has 0 radical (unpaired) electrons. The van der Waals surface area contributed by atoms with E-state index in [1.54, 1.807) is 28.8 Å². The number of nitrogens with one attached hydrogen (secondary N) is 1. The van der Waals surface area contributed by atoms with Gasteiger partial charge in [0.05, 0.1) is 10.9 Å². The summed E-state index contributed by atoms with van der Waals surface area (Å²) < 4.78 is 28.0. The second-order valence-electron chi connectivity index (χ2n) is 6.50. The first-order valence-electron chi connectivity index (χ1n) is 8.76. The van der Waals surface area contributed by atoms with Crippen molar-refractivity contribution >= 4 is 10.0 Å². The highest BCUT2D eigenvalue weighted by Crippen LogP contribution is 2.29. The zero-order chi connectivity index (χ0) is 17.9. The molecule has 1 aliphatic rings. The maximum Gasteiger partial charge on any atom is 0.243 e. The third kappa shape index (κ3) is 3.76. The van der Waals surface area contributed by atoms with Gasteiger partial charge in [-0.25, -0.2) is 8.42 Å². The molecule has 134 valence electrons. The molecular weight excluding hydrogens is 334 g/mol. The Balaban J connectivity index is 1.91. The Morgan fingerprint density at radius 1 is 1.28 bits per heavy atom. The van der Waals surface area contributed by atoms with E-state index in [0.717, 1.165) is 12.0 Å². The van der Waals surface area contributed by atoms with E-state index in [0.29, 0.717) is 30.4 Å². The Kier molecular flexibility index (Phi) is 5.51. The molecule has 2 heterocycles. The lowest BCUT2D eigenvalue weighted by Gasteiger charge is -2.35. The zero-order valence-corrected chi connectivity index (χ0v) is 15.5. The van der Waals surface area contributed by atoms with Crippen LogP contribution in [0.25, 0.3) is 0 Å². The van der Waals surface area contributed by atoms with E-state index in [1.807, 2.05) is 24.3 Å². The molecule has 25 heavy (non-hydrogen) atoms. The number of sulfonamides is 1. The molecule has 1 aliphatic heterocycles. The molecule has 5 nitrogen and oxygen atoms in total. The third-order valence-corrected chi connectivity index (χ3v) is 6.85. The molecule has 2 unspecified atom stereocenters. The van der Waals surface area contributed by atoms with Gasteiger partial charge in [-0.3, -0.25) is 4.98 Å². The topological polar surface area (TPSA) is 62.3 Å². The van der Waals surface area contributed by atoms with Gasteiger partial charge in [-0.15, -0.1) is 0 Å². The second-order valence-corrected chi connectivity index (χ2v) is 8.39. The number of piperazine rings is 1. The van der Waals surface area contributed by atoms with Gasteiger partial charge in [0.15, 0.2) is 0 Å². The highest BCUT2D eigenvalue weighted by Gasteiger charge is 2.34. The number of pyridine rings is 1. The summed E-state index contributed by atoms with van der Waals surface area (Å²) in [5, 5.41) is 3.28. The van der Waals surface area contributed by atoms with Gasteiger partial charge in [-0.2, -0.15) is 4.31 Å². The first kappa shape index (κ1) is 18.0. The van der Waals surface area contributed by atoms with E-state index in [-0.39, 0.29) is 6.04 Å². The Morgan fingerprint density at radius 2 is 2.04 bits per heavy atom. The van der Waals surface area contributed by atoms with Gasteiger partial charge in [0.2, 0.25) is 10.0 Å². The summed E-state index contributed by atoms with van der Waals surface area (Å²) in [6.45, 7) is 5.98. The number of nitrogens with zero attached hydrogens (tertiary/aromatic N) is 2. The predicted octanol–water partition coefficient (Wildman–Crippen LogP) is 2.93. The van der Waals surface area contributed by atoms with Gasteiger partial charge >= 0.3 is 0 Å². The van der Waals surface area contributed by atoms with Crippen LogP contribution in [0, 0.1) is 0 Å². The summed E-state index contributed by atoms with van der Waals surface area (Å²) in [6.07, 6.45) is 4.48. The van der Waals surface area contributed by atoms with Gasteiger partial charge in [0, 0.05) is 32.0 Å². The van der Waals surface area contributed by atoms with Crippen LogP contribution >= 0.6 is 0 Å². The van der Waals surface area contributed by atoms with Gasteiger partial charge in [-0.1, -0.05) is 32.0 Å². The molecule has 6 heteroatoms. The van der Waals surface area contributed by atoms with Crippen LogP contribution in [0.1, 0.15) is 43.4 Å². The van der Waals surface area contributed by atoms with Crippen molar-refractivity contribution in [2.75, 3.05) is 19.6 Å². The second kappa shape index (κ2) is 7.64. The molecule has 1 fully saturated rings. The van der Waals surface area contributed by atoms with E-state index in [1.165, 1.54) is 5.56 Å². The summed E-state index contributed by atoms with van der Waals surface area (Å²) in [7, 11) is -3.54. The standard InChI is InChI=1S/C19H25N3O2S/c1-3-15(2)16-6-8-18(9-7-16)25(23,24)22-12-11-21-14-19(22)17-5-4-10-20-13-17/h4-10,13,15,19,21H,3,11-12,14H2,1-2H3. The molecule has 0 spiro atoms. The fourth-order valence-corrected chi connectivity index (χ4v) is 4.78. The van der Waals surface area contributed by atoms with Crippen LogP contribution in [0.2, 0.25) is 0 Å². The molecular formula is C19H25N3O2S. The van der Waals surface area contributed by atoms with Gasteiger partial charge in [-0.05, 0) is 41.7 Å². The number of hydrogen-bond donors (Lipinski definition) is 1. The number of benzene rings is 1. The highest BCUT2D eigenvalue weighted by molar-refractivity contribution is 7.89. The summed E-state index contributed by atoms with van der Waals surface area (Å²) >= 11 is 0. The molecule has 1 saturated heterocycles. The first-order valence-corrected chi connectivity index (χ1v) is 10.2. The highest BCUT2D eigenvalue weighted by atomic mass is 32.2. The van der Waals surface area contributed by atoms with Crippen LogP contribution in [0.4, 0.5) is 0 Å². The largest absolute Gasteiger partial charge is 0.313 e. The molecule has 0 aliphatic carbocycles. The van der Waals surface area contributed by atoms with E-state index in [9.17, 15) is 8.42 Å². The lowest BCUT2D eigenvalue weighted by atomic mass is 9.99. The Morgan fingerprint density at radius 3 is 2.68 bits per heavy atom. The van der Waals surface area contributed by atoms with Crippen molar-refractivity contribution in [3.63, 3.8) is 0 Å². The van der Waals surface area contributed by atoms with E-state index in [4.69, 9.17) is 0 Å². The smallest absolute Gasteiger partial charge is 0.243 e. The van der Waals surface area contributed by atoms with Gasteiger partial charge in [0.1, 0.15) is 0 Å². The molecule has 3 rings (SSSR count). The van der Waals surface area contributed by atoms with Crippen molar-refractivity contribution in [2.45, 2.75) is 37.1 Å². The molecule has 2 aromatic rings. The fourth-order valence-electron chi connectivity index (χ4n) is 3.17. The minimum Gasteiger partial charge on any atom is -0.313 e. The monoisotopic (exact) mass is 359 g/mol. The van der Waals surface area contributed by atoms with Crippen molar-refractivity contribution in [2.24, 2.45) is 0 Å². The lowest BCUT2D eigenvalue weighted by molar-refractivity contribution is 0.271. The lowest BCUT2D eigenvalue weighted by Crippen LogP contribution is -2.48. The van der Waals surface area contributed by atoms with Crippen molar-refractivity contribution in [3.05, 3.63) is 59.9 Å². The van der Waals surface area contributed by atoms with Crippen LogP contribution in [0.15, 0.2) is 53.7 Å². The first-order chi connectivity index (χ1) is 12.0. The molecule has 1 aromatic carbocycles. The Hall–Kier alpha value is -1.76. The van der Waals surface area contributed by atoms with Gasteiger partial charge in [0.25, 0.3) is 0 Å². The van der Waals surface area contributed by atoms with E-state index >= 15 is 0 Å². The third-order valence-electron chi connectivity index (χ3n) is 4.93. The molecule has 1 aromatic heterocycles. The molecule has 1 N–H and O–H groups in total. The fraction of sp³-hybridized carbons (Fsp3) is 0.421. The van der Waals surface area contributed by atoms with Crippen molar-refractivity contribution in [1.82, 2.24) is 14.6 Å². The average Bonchev–Trinajstić information content (AvgIpc) is 2.68. The summed E-state index contributed by atoms with van der Waals surface area (Å²) in [4.78, 5) is 4.50. The number of hydrogen-bond acceptors (Lipinski definition) is 4. The molecule has 2 atom stereocenters. The average molecular weight is 359 g/mol. The SMILES string of the molecule is CCC(C)c1ccc(S(=O)(=O)N2CCNCC2c2cccnc2)cc1. The Bertz CT molecular complexity index is 791. The van der Waals surface area contributed by atoms with Crippen LogP contribution in [0.5, 0.6) is 0 Å². The maximum absolute atomic E-state index is 13.2.